The highest BCUT2D eigenvalue weighted by molar-refractivity contribution is 7.25. The minimum atomic E-state index is 0.0441. The van der Waals surface area contributed by atoms with Gasteiger partial charge in [0.15, 0.2) is 5.43 Å². The summed E-state index contributed by atoms with van der Waals surface area (Å²) in [6.45, 7) is 0. The van der Waals surface area contributed by atoms with E-state index in [0.29, 0.717) is 5.39 Å². The first kappa shape index (κ1) is 10.6. The van der Waals surface area contributed by atoms with Crippen LogP contribution in [0.4, 0.5) is 0 Å². The van der Waals surface area contributed by atoms with Crippen LogP contribution < -0.4 is 5.43 Å². The lowest BCUT2D eigenvalue weighted by molar-refractivity contribution is 1.42. The van der Waals surface area contributed by atoms with Crippen molar-refractivity contribution in [2.75, 3.05) is 0 Å². The lowest BCUT2D eigenvalue weighted by atomic mass is 10.1. The molecule has 4 rings (SSSR count). The summed E-state index contributed by atoms with van der Waals surface area (Å²) in [6.07, 6.45) is 3.48. The van der Waals surface area contributed by atoms with E-state index in [4.69, 9.17) is 0 Å². The Morgan fingerprint density at radius 2 is 1.63 bits per heavy atom. The Labute approximate surface area is 112 Å². The second kappa shape index (κ2) is 3.83. The molecule has 4 heteroatoms. The topological polar surface area (TPSA) is 42.9 Å². The molecule has 90 valence electrons. The smallest absolute Gasteiger partial charge is 0.197 e. The molecule has 3 heterocycles. The maximum atomic E-state index is 12.5. The van der Waals surface area contributed by atoms with Crippen LogP contribution in [0, 0.1) is 0 Å². The van der Waals surface area contributed by atoms with Crippen LogP contribution in [-0.2, 0) is 0 Å². The van der Waals surface area contributed by atoms with Crippen LogP contribution >= 0.6 is 11.3 Å². The van der Waals surface area contributed by atoms with Gasteiger partial charge >= 0.3 is 0 Å². The van der Waals surface area contributed by atoms with Crippen molar-refractivity contribution < 1.29 is 0 Å². The van der Waals surface area contributed by atoms with Crippen LogP contribution in [0.15, 0.2) is 53.6 Å². The van der Waals surface area contributed by atoms with E-state index in [1.807, 2.05) is 30.3 Å². The van der Waals surface area contributed by atoms with E-state index in [1.54, 1.807) is 29.8 Å². The molecule has 0 amide bonds. The molecule has 1 aromatic carbocycles. The van der Waals surface area contributed by atoms with Crippen molar-refractivity contribution in [1.29, 1.82) is 0 Å². The van der Waals surface area contributed by atoms with Gasteiger partial charge in [0.1, 0.15) is 4.83 Å². The summed E-state index contributed by atoms with van der Waals surface area (Å²) in [5.41, 5.74) is 0.948. The van der Waals surface area contributed by atoms with Crippen LogP contribution in [0.2, 0.25) is 0 Å². The van der Waals surface area contributed by atoms with Gasteiger partial charge < -0.3 is 0 Å². The number of hydrogen-bond acceptors (Lipinski definition) is 4. The highest BCUT2D eigenvalue weighted by Gasteiger charge is 2.09. The fourth-order valence-electron chi connectivity index (χ4n) is 2.30. The predicted molar refractivity (Wildman–Crippen MR) is 78.7 cm³/mol. The molecule has 0 atom stereocenters. The van der Waals surface area contributed by atoms with Crippen LogP contribution in [0.3, 0.4) is 0 Å². The Bertz CT molecular complexity index is 991. The van der Waals surface area contributed by atoms with Gasteiger partial charge in [-0.2, -0.15) is 0 Å². The van der Waals surface area contributed by atoms with Crippen LogP contribution in [0.1, 0.15) is 0 Å². The van der Waals surface area contributed by atoms with Crippen molar-refractivity contribution in [3.05, 3.63) is 59.0 Å². The van der Waals surface area contributed by atoms with Crippen LogP contribution in [-0.4, -0.2) is 9.97 Å². The largest absolute Gasteiger partial charge is 0.288 e. The van der Waals surface area contributed by atoms with E-state index in [1.165, 1.54) is 0 Å². The quantitative estimate of drug-likeness (QED) is 0.361. The number of aromatic nitrogens is 2. The Balaban J connectivity index is 2.36. The van der Waals surface area contributed by atoms with Crippen molar-refractivity contribution in [3.63, 3.8) is 0 Å². The Morgan fingerprint density at radius 1 is 0.842 bits per heavy atom. The summed E-state index contributed by atoms with van der Waals surface area (Å²) >= 11 is 1.54. The Morgan fingerprint density at radius 3 is 2.53 bits per heavy atom. The standard InChI is InChI=1S/C15H8N2OS/c18-13-10-5-6-12-9(3-1-7-16-12)14(10)19-15-11(13)4-2-8-17-15/h1-8H. The minimum Gasteiger partial charge on any atom is -0.288 e. The lowest BCUT2D eigenvalue weighted by Gasteiger charge is -2.03. The van der Waals surface area contributed by atoms with Gasteiger partial charge in [-0.3, -0.25) is 9.78 Å². The number of hydrogen-bond donors (Lipinski definition) is 0. The summed E-state index contributed by atoms with van der Waals surface area (Å²) in [7, 11) is 0. The molecule has 0 saturated heterocycles. The van der Waals surface area contributed by atoms with Crippen molar-refractivity contribution in [1.82, 2.24) is 9.97 Å². The molecule has 3 nitrogen and oxygen atoms in total. The van der Waals surface area contributed by atoms with E-state index in [2.05, 4.69) is 9.97 Å². The maximum Gasteiger partial charge on any atom is 0.197 e. The van der Waals surface area contributed by atoms with Crippen molar-refractivity contribution in [2.45, 2.75) is 0 Å². The number of pyridine rings is 2. The Kier molecular flexibility index (Phi) is 2.13. The lowest BCUT2D eigenvalue weighted by Crippen LogP contribution is -2.01. The molecular weight excluding hydrogens is 256 g/mol. The number of nitrogens with zero attached hydrogens (tertiary/aromatic N) is 2. The zero-order chi connectivity index (χ0) is 12.8. The molecule has 0 aliphatic carbocycles. The van der Waals surface area contributed by atoms with E-state index in [0.717, 1.165) is 25.8 Å². The predicted octanol–water partition coefficient (Wildman–Crippen LogP) is 3.36. The fourth-order valence-corrected chi connectivity index (χ4v) is 3.43. The SMILES string of the molecule is O=c1c2cccnc2sc2c1ccc1ncccc12. The van der Waals surface area contributed by atoms with Gasteiger partial charge in [0.2, 0.25) is 0 Å². The number of benzene rings is 1. The highest BCUT2D eigenvalue weighted by Crippen LogP contribution is 2.29. The van der Waals surface area contributed by atoms with Crippen molar-refractivity contribution >= 4 is 42.5 Å². The monoisotopic (exact) mass is 264 g/mol. The first-order valence-electron chi connectivity index (χ1n) is 5.90. The highest BCUT2D eigenvalue weighted by atomic mass is 32.1. The minimum absolute atomic E-state index is 0.0441. The fraction of sp³-hybridized carbons (Fsp3) is 0. The molecule has 0 radical (unpaired) electrons. The van der Waals surface area contributed by atoms with Crippen molar-refractivity contribution in [3.8, 4) is 0 Å². The average Bonchev–Trinajstić information content (AvgIpc) is 2.47. The first-order chi connectivity index (χ1) is 9.34. The number of rotatable bonds is 0. The molecule has 0 saturated carbocycles. The van der Waals surface area contributed by atoms with Crippen LogP contribution in [0.25, 0.3) is 31.2 Å². The van der Waals surface area contributed by atoms with E-state index in [-0.39, 0.29) is 5.43 Å². The first-order valence-corrected chi connectivity index (χ1v) is 6.71. The van der Waals surface area contributed by atoms with Gasteiger partial charge in [0, 0.05) is 27.9 Å². The summed E-state index contributed by atoms with van der Waals surface area (Å²) in [5, 5.41) is 2.43. The summed E-state index contributed by atoms with van der Waals surface area (Å²) in [5.74, 6) is 0. The second-order valence-corrected chi connectivity index (χ2v) is 5.30. The molecule has 0 unspecified atom stereocenters. The summed E-state index contributed by atoms with van der Waals surface area (Å²) in [4.78, 5) is 21.9. The molecule has 3 aromatic heterocycles. The van der Waals surface area contributed by atoms with Gasteiger partial charge in [-0.05, 0) is 36.4 Å². The zero-order valence-corrected chi connectivity index (χ0v) is 10.6. The molecule has 0 aliphatic heterocycles. The molecule has 0 spiro atoms. The van der Waals surface area contributed by atoms with Crippen LogP contribution in [0.5, 0.6) is 0 Å². The van der Waals surface area contributed by atoms with Gasteiger partial charge in [0.25, 0.3) is 0 Å². The average molecular weight is 264 g/mol. The molecular formula is C15H8N2OS. The van der Waals surface area contributed by atoms with Gasteiger partial charge in [0.05, 0.1) is 10.9 Å². The third-order valence-electron chi connectivity index (χ3n) is 3.19. The normalized spacial score (nSPS) is 11.4. The van der Waals surface area contributed by atoms with E-state index >= 15 is 0 Å². The summed E-state index contributed by atoms with van der Waals surface area (Å²) in [6, 6.07) is 11.3. The Hall–Kier alpha value is -2.33. The van der Waals surface area contributed by atoms with Gasteiger partial charge in [-0.25, -0.2) is 4.98 Å². The maximum absolute atomic E-state index is 12.5. The molecule has 4 aromatic rings. The second-order valence-electron chi connectivity index (χ2n) is 4.30. The molecule has 0 aliphatic rings. The zero-order valence-electron chi connectivity index (χ0n) is 9.83. The van der Waals surface area contributed by atoms with E-state index < -0.39 is 0 Å². The molecule has 0 N–H and O–H groups in total. The summed E-state index contributed by atoms with van der Waals surface area (Å²) < 4.78 is 0.960. The number of fused-ring (bicyclic) bond motifs is 4. The van der Waals surface area contributed by atoms with Crippen molar-refractivity contribution in [2.24, 2.45) is 0 Å². The van der Waals surface area contributed by atoms with Gasteiger partial charge in [-0.1, -0.05) is 0 Å². The third kappa shape index (κ3) is 1.47. The third-order valence-corrected chi connectivity index (χ3v) is 4.36. The molecule has 19 heavy (non-hydrogen) atoms. The molecule has 0 bridgehead atoms. The molecule has 0 fully saturated rings. The van der Waals surface area contributed by atoms with Gasteiger partial charge in [-0.15, -0.1) is 11.3 Å². The van der Waals surface area contributed by atoms with E-state index in [9.17, 15) is 4.79 Å².